The SMILES string of the molecule is CC1(C)OCC(=NCCc2ccccc2)CO1. The average Bonchev–Trinajstić information content (AvgIpc) is 2.33. The molecule has 1 aliphatic rings. The van der Waals surface area contributed by atoms with Crippen LogP contribution in [0.5, 0.6) is 0 Å². The molecule has 0 bridgehead atoms. The lowest BCUT2D eigenvalue weighted by Crippen LogP contribution is -2.39. The molecular formula is C14H19NO2. The van der Waals surface area contributed by atoms with Crippen molar-refractivity contribution in [3.63, 3.8) is 0 Å². The highest BCUT2D eigenvalue weighted by molar-refractivity contribution is 5.87. The first-order chi connectivity index (χ1) is 8.16. The molecule has 92 valence electrons. The average molecular weight is 233 g/mol. The second kappa shape index (κ2) is 5.43. The number of rotatable bonds is 3. The van der Waals surface area contributed by atoms with Gasteiger partial charge in [0.2, 0.25) is 0 Å². The highest BCUT2D eigenvalue weighted by Gasteiger charge is 2.25. The topological polar surface area (TPSA) is 30.8 Å². The fraction of sp³-hybridized carbons (Fsp3) is 0.500. The first kappa shape index (κ1) is 12.3. The Morgan fingerprint density at radius 3 is 2.41 bits per heavy atom. The number of hydrogen-bond donors (Lipinski definition) is 0. The molecule has 0 amide bonds. The third-order valence-corrected chi connectivity index (χ3v) is 2.75. The molecule has 0 spiro atoms. The van der Waals surface area contributed by atoms with E-state index in [0.29, 0.717) is 13.2 Å². The summed E-state index contributed by atoms with van der Waals surface area (Å²) in [5, 5.41) is 0. The summed E-state index contributed by atoms with van der Waals surface area (Å²) in [5.74, 6) is -0.460. The molecule has 3 nitrogen and oxygen atoms in total. The van der Waals surface area contributed by atoms with Crippen molar-refractivity contribution in [1.29, 1.82) is 0 Å². The molecule has 2 rings (SSSR count). The Morgan fingerprint density at radius 1 is 1.12 bits per heavy atom. The maximum atomic E-state index is 5.53. The molecule has 1 aliphatic heterocycles. The zero-order valence-electron chi connectivity index (χ0n) is 10.5. The molecule has 0 unspecified atom stereocenters. The Hall–Kier alpha value is -1.19. The van der Waals surface area contributed by atoms with Gasteiger partial charge in [-0.15, -0.1) is 0 Å². The smallest absolute Gasteiger partial charge is 0.163 e. The Labute approximate surface area is 102 Å². The van der Waals surface area contributed by atoms with Crippen molar-refractivity contribution >= 4 is 5.71 Å². The van der Waals surface area contributed by atoms with E-state index in [0.717, 1.165) is 18.7 Å². The van der Waals surface area contributed by atoms with Crippen molar-refractivity contribution < 1.29 is 9.47 Å². The van der Waals surface area contributed by atoms with E-state index in [1.807, 2.05) is 19.9 Å². The minimum atomic E-state index is -0.460. The molecule has 0 saturated carbocycles. The summed E-state index contributed by atoms with van der Waals surface area (Å²) in [6.07, 6.45) is 0.966. The Kier molecular flexibility index (Phi) is 3.92. The van der Waals surface area contributed by atoms with Gasteiger partial charge in [0, 0.05) is 6.54 Å². The minimum Gasteiger partial charge on any atom is -0.344 e. The zero-order valence-corrected chi connectivity index (χ0v) is 10.5. The second-order valence-corrected chi connectivity index (χ2v) is 4.66. The van der Waals surface area contributed by atoms with E-state index < -0.39 is 5.79 Å². The van der Waals surface area contributed by atoms with Crippen LogP contribution >= 0.6 is 0 Å². The molecule has 1 saturated heterocycles. The quantitative estimate of drug-likeness (QED) is 0.803. The summed E-state index contributed by atoms with van der Waals surface area (Å²) in [5.41, 5.74) is 2.31. The predicted molar refractivity (Wildman–Crippen MR) is 68.4 cm³/mol. The van der Waals surface area contributed by atoms with Gasteiger partial charge in [0.25, 0.3) is 0 Å². The summed E-state index contributed by atoms with van der Waals surface area (Å²) in [6.45, 7) is 5.82. The number of nitrogens with zero attached hydrogens (tertiary/aromatic N) is 1. The highest BCUT2D eigenvalue weighted by atomic mass is 16.7. The van der Waals surface area contributed by atoms with Gasteiger partial charge in [-0.2, -0.15) is 0 Å². The van der Waals surface area contributed by atoms with Gasteiger partial charge in [-0.3, -0.25) is 4.99 Å². The fourth-order valence-electron chi connectivity index (χ4n) is 1.68. The summed E-state index contributed by atoms with van der Waals surface area (Å²) in [6, 6.07) is 10.4. The number of benzene rings is 1. The van der Waals surface area contributed by atoms with Crippen molar-refractivity contribution in [2.75, 3.05) is 19.8 Å². The predicted octanol–water partition coefficient (Wildman–Crippen LogP) is 2.45. The molecule has 1 fully saturated rings. The van der Waals surface area contributed by atoms with E-state index in [1.165, 1.54) is 5.56 Å². The molecule has 0 N–H and O–H groups in total. The molecule has 3 heteroatoms. The van der Waals surface area contributed by atoms with Crippen molar-refractivity contribution in [1.82, 2.24) is 0 Å². The van der Waals surface area contributed by atoms with Crippen LogP contribution in [0.4, 0.5) is 0 Å². The normalized spacial score (nSPS) is 19.1. The molecule has 1 heterocycles. The monoisotopic (exact) mass is 233 g/mol. The van der Waals surface area contributed by atoms with Crippen LogP contribution in [0.1, 0.15) is 19.4 Å². The van der Waals surface area contributed by atoms with E-state index in [2.05, 4.69) is 29.3 Å². The zero-order chi connectivity index (χ0) is 12.1. The standard InChI is InChI=1S/C14H19NO2/c1-14(2)16-10-13(11-17-14)15-9-8-12-6-4-3-5-7-12/h3-7H,8-11H2,1-2H3. The molecule has 1 aromatic rings. The van der Waals surface area contributed by atoms with Gasteiger partial charge in [-0.1, -0.05) is 30.3 Å². The van der Waals surface area contributed by atoms with Gasteiger partial charge in [0.1, 0.15) is 0 Å². The number of hydrogen-bond acceptors (Lipinski definition) is 3. The van der Waals surface area contributed by atoms with Gasteiger partial charge in [-0.25, -0.2) is 0 Å². The van der Waals surface area contributed by atoms with Gasteiger partial charge in [0.15, 0.2) is 5.79 Å². The summed E-state index contributed by atoms with van der Waals surface area (Å²) in [7, 11) is 0. The lowest BCUT2D eigenvalue weighted by atomic mass is 10.1. The minimum absolute atomic E-state index is 0.460. The van der Waals surface area contributed by atoms with Crippen LogP contribution in [0.25, 0.3) is 0 Å². The van der Waals surface area contributed by atoms with Crippen LogP contribution in [0, 0.1) is 0 Å². The Bertz CT molecular complexity index is 372. The van der Waals surface area contributed by atoms with Crippen molar-refractivity contribution in [3.05, 3.63) is 35.9 Å². The van der Waals surface area contributed by atoms with E-state index in [1.54, 1.807) is 0 Å². The molecule has 0 radical (unpaired) electrons. The van der Waals surface area contributed by atoms with Crippen LogP contribution in [0.2, 0.25) is 0 Å². The maximum absolute atomic E-state index is 5.53. The lowest BCUT2D eigenvalue weighted by molar-refractivity contribution is -0.210. The summed E-state index contributed by atoms with van der Waals surface area (Å²) >= 11 is 0. The van der Waals surface area contributed by atoms with Gasteiger partial charge in [0.05, 0.1) is 18.9 Å². The van der Waals surface area contributed by atoms with Gasteiger partial charge < -0.3 is 9.47 Å². The van der Waals surface area contributed by atoms with Crippen molar-refractivity contribution in [2.45, 2.75) is 26.1 Å². The van der Waals surface area contributed by atoms with Crippen LogP contribution in [0.15, 0.2) is 35.3 Å². The molecule has 0 atom stereocenters. The highest BCUT2D eigenvalue weighted by Crippen LogP contribution is 2.15. The molecule has 0 aliphatic carbocycles. The number of ether oxygens (including phenoxy) is 2. The van der Waals surface area contributed by atoms with Gasteiger partial charge in [-0.05, 0) is 25.8 Å². The van der Waals surface area contributed by atoms with E-state index in [4.69, 9.17) is 9.47 Å². The van der Waals surface area contributed by atoms with Crippen LogP contribution in [0.3, 0.4) is 0 Å². The van der Waals surface area contributed by atoms with Gasteiger partial charge >= 0.3 is 0 Å². The van der Waals surface area contributed by atoms with E-state index in [-0.39, 0.29) is 0 Å². The molecule has 1 aromatic carbocycles. The fourth-order valence-corrected chi connectivity index (χ4v) is 1.68. The summed E-state index contributed by atoms with van der Waals surface area (Å²) < 4.78 is 11.1. The largest absolute Gasteiger partial charge is 0.344 e. The Morgan fingerprint density at radius 2 is 1.76 bits per heavy atom. The van der Waals surface area contributed by atoms with E-state index >= 15 is 0 Å². The van der Waals surface area contributed by atoms with E-state index in [9.17, 15) is 0 Å². The van der Waals surface area contributed by atoms with Crippen molar-refractivity contribution in [3.8, 4) is 0 Å². The second-order valence-electron chi connectivity index (χ2n) is 4.66. The first-order valence-corrected chi connectivity index (χ1v) is 6.00. The van der Waals surface area contributed by atoms with Crippen LogP contribution in [-0.4, -0.2) is 31.3 Å². The third-order valence-electron chi connectivity index (χ3n) is 2.75. The maximum Gasteiger partial charge on any atom is 0.163 e. The molecular weight excluding hydrogens is 214 g/mol. The Balaban J connectivity index is 1.79. The number of aliphatic imine (C=N–C) groups is 1. The lowest BCUT2D eigenvalue weighted by Gasteiger charge is -2.30. The van der Waals surface area contributed by atoms with Crippen LogP contribution < -0.4 is 0 Å². The third kappa shape index (κ3) is 3.95. The molecule has 0 aromatic heterocycles. The molecule has 17 heavy (non-hydrogen) atoms. The summed E-state index contributed by atoms with van der Waals surface area (Å²) in [4.78, 5) is 4.51. The van der Waals surface area contributed by atoms with Crippen LogP contribution in [-0.2, 0) is 15.9 Å². The van der Waals surface area contributed by atoms with Crippen molar-refractivity contribution in [2.24, 2.45) is 4.99 Å². The first-order valence-electron chi connectivity index (χ1n) is 6.00.